The minimum Gasteiger partial charge on any atom is -0.329 e. The number of hydrogen-bond donors (Lipinski definition) is 1. The average Bonchev–Trinajstić information content (AvgIpc) is 2.99. The quantitative estimate of drug-likeness (QED) is 0.833. The molecule has 84 valence electrons. The Morgan fingerprint density at radius 1 is 1.60 bits per heavy atom. The summed E-state index contributed by atoms with van der Waals surface area (Å²) in [7, 11) is 0. The average molecular weight is 224 g/mol. The molecule has 1 fully saturated rings. The minimum absolute atomic E-state index is 0.447. The van der Waals surface area contributed by atoms with Crippen molar-refractivity contribution in [3.8, 4) is 0 Å². The number of rotatable bonds is 5. The maximum absolute atomic E-state index is 5.94. The molecule has 0 aliphatic heterocycles. The standard InChI is InChI=1S/C12H20N2S/c1-3-14(10-4-5-10)11(8-13)12-9(2)6-7-15-12/h6-7,10-11H,3-5,8,13H2,1-2H3. The third-order valence-corrected chi connectivity index (χ3v) is 4.33. The van der Waals surface area contributed by atoms with E-state index >= 15 is 0 Å². The number of aryl methyl sites for hydroxylation is 1. The van der Waals surface area contributed by atoms with Gasteiger partial charge in [-0.25, -0.2) is 0 Å². The van der Waals surface area contributed by atoms with E-state index < -0.39 is 0 Å². The van der Waals surface area contributed by atoms with Crippen LogP contribution in [0.15, 0.2) is 11.4 Å². The first-order chi connectivity index (χ1) is 7.27. The third kappa shape index (κ3) is 2.25. The monoisotopic (exact) mass is 224 g/mol. The van der Waals surface area contributed by atoms with Crippen LogP contribution >= 0.6 is 11.3 Å². The van der Waals surface area contributed by atoms with Crippen LogP contribution in [0.5, 0.6) is 0 Å². The van der Waals surface area contributed by atoms with Gasteiger partial charge in [-0.1, -0.05) is 6.92 Å². The van der Waals surface area contributed by atoms with E-state index in [-0.39, 0.29) is 0 Å². The van der Waals surface area contributed by atoms with Crippen LogP contribution in [0.1, 0.15) is 36.2 Å². The molecule has 0 aromatic carbocycles. The van der Waals surface area contributed by atoms with Gasteiger partial charge in [0.1, 0.15) is 0 Å². The predicted octanol–water partition coefficient (Wildman–Crippen LogP) is 2.54. The lowest BCUT2D eigenvalue weighted by atomic mass is 10.1. The van der Waals surface area contributed by atoms with Crippen molar-refractivity contribution in [3.63, 3.8) is 0 Å². The molecule has 1 saturated carbocycles. The molecule has 0 bridgehead atoms. The molecule has 0 spiro atoms. The molecule has 2 rings (SSSR count). The van der Waals surface area contributed by atoms with Gasteiger partial charge in [-0.15, -0.1) is 11.3 Å². The number of likely N-dealkylation sites (N-methyl/N-ethyl adjacent to an activating group) is 1. The highest BCUT2D eigenvalue weighted by Gasteiger charge is 2.33. The van der Waals surface area contributed by atoms with Gasteiger partial charge in [0.25, 0.3) is 0 Å². The smallest absolute Gasteiger partial charge is 0.0569 e. The Morgan fingerprint density at radius 2 is 2.33 bits per heavy atom. The molecule has 3 heteroatoms. The zero-order chi connectivity index (χ0) is 10.8. The lowest BCUT2D eigenvalue weighted by molar-refractivity contribution is 0.204. The first-order valence-electron chi connectivity index (χ1n) is 5.77. The van der Waals surface area contributed by atoms with Gasteiger partial charge < -0.3 is 5.73 Å². The zero-order valence-corrected chi connectivity index (χ0v) is 10.4. The van der Waals surface area contributed by atoms with E-state index in [4.69, 9.17) is 5.73 Å². The Balaban J connectivity index is 2.18. The molecule has 1 atom stereocenters. The normalized spacial score (nSPS) is 18.4. The Labute approximate surface area is 96.1 Å². The fourth-order valence-corrected chi connectivity index (χ4v) is 3.32. The molecular weight excluding hydrogens is 204 g/mol. The summed E-state index contributed by atoms with van der Waals surface area (Å²) < 4.78 is 0. The highest BCUT2D eigenvalue weighted by Crippen LogP contribution is 2.36. The van der Waals surface area contributed by atoms with Gasteiger partial charge in [-0.2, -0.15) is 0 Å². The molecule has 0 amide bonds. The fraction of sp³-hybridized carbons (Fsp3) is 0.667. The van der Waals surface area contributed by atoms with Crippen molar-refractivity contribution in [1.29, 1.82) is 0 Å². The third-order valence-electron chi connectivity index (χ3n) is 3.21. The lowest BCUT2D eigenvalue weighted by Gasteiger charge is -2.29. The van der Waals surface area contributed by atoms with Gasteiger partial charge in [0.2, 0.25) is 0 Å². The van der Waals surface area contributed by atoms with Crippen LogP contribution in [0.4, 0.5) is 0 Å². The summed E-state index contributed by atoms with van der Waals surface area (Å²) in [5.74, 6) is 0. The van der Waals surface area contributed by atoms with E-state index in [1.54, 1.807) is 0 Å². The molecule has 1 unspecified atom stereocenters. The van der Waals surface area contributed by atoms with Crippen LogP contribution in [0.3, 0.4) is 0 Å². The maximum atomic E-state index is 5.94. The molecular formula is C12H20N2S. The number of nitrogens with two attached hydrogens (primary N) is 1. The van der Waals surface area contributed by atoms with E-state index in [9.17, 15) is 0 Å². The van der Waals surface area contributed by atoms with Crippen molar-refractivity contribution >= 4 is 11.3 Å². The van der Waals surface area contributed by atoms with Crippen LogP contribution in [0.25, 0.3) is 0 Å². The maximum Gasteiger partial charge on any atom is 0.0569 e. The summed E-state index contributed by atoms with van der Waals surface area (Å²) >= 11 is 1.85. The van der Waals surface area contributed by atoms with Crippen molar-refractivity contribution in [2.24, 2.45) is 5.73 Å². The van der Waals surface area contributed by atoms with Crippen molar-refractivity contribution in [2.45, 2.75) is 38.8 Å². The lowest BCUT2D eigenvalue weighted by Crippen LogP contribution is -2.35. The van der Waals surface area contributed by atoms with Crippen LogP contribution in [0, 0.1) is 6.92 Å². The SMILES string of the molecule is CCN(C1CC1)C(CN)c1sccc1C. The molecule has 1 heterocycles. The Morgan fingerprint density at radius 3 is 2.73 bits per heavy atom. The summed E-state index contributed by atoms with van der Waals surface area (Å²) in [4.78, 5) is 4.03. The molecule has 15 heavy (non-hydrogen) atoms. The molecule has 1 aliphatic rings. The number of thiophene rings is 1. The molecule has 1 aromatic heterocycles. The first kappa shape index (κ1) is 11.1. The molecule has 1 aliphatic carbocycles. The second kappa shape index (κ2) is 4.64. The summed E-state index contributed by atoms with van der Waals surface area (Å²) in [6, 6.07) is 3.44. The summed E-state index contributed by atoms with van der Waals surface area (Å²) in [5.41, 5.74) is 7.34. The van der Waals surface area contributed by atoms with Crippen molar-refractivity contribution in [2.75, 3.05) is 13.1 Å². The molecule has 1 aromatic rings. The summed E-state index contributed by atoms with van der Waals surface area (Å²) in [6.07, 6.45) is 2.71. The van der Waals surface area contributed by atoms with Gasteiger partial charge in [0.05, 0.1) is 6.04 Å². The van der Waals surface area contributed by atoms with E-state index in [2.05, 4.69) is 30.2 Å². The highest BCUT2D eigenvalue weighted by molar-refractivity contribution is 7.10. The summed E-state index contributed by atoms with van der Waals surface area (Å²) in [6.45, 7) is 6.29. The van der Waals surface area contributed by atoms with Crippen LogP contribution in [-0.2, 0) is 0 Å². The van der Waals surface area contributed by atoms with Crippen LogP contribution in [0.2, 0.25) is 0 Å². The Hall–Kier alpha value is -0.380. The first-order valence-corrected chi connectivity index (χ1v) is 6.65. The van der Waals surface area contributed by atoms with Gasteiger partial charge >= 0.3 is 0 Å². The second-order valence-corrected chi connectivity index (χ2v) is 5.23. The topological polar surface area (TPSA) is 29.3 Å². The van der Waals surface area contributed by atoms with Gasteiger partial charge in [0, 0.05) is 17.5 Å². The van der Waals surface area contributed by atoms with E-state index in [0.29, 0.717) is 6.04 Å². The van der Waals surface area contributed by atoms with Gasteiger partial charge in [0.15, 0.2) is 0 Å². The largest absolute Gasteiger partial charge is 0.329 e. The Kier molecular flexibility index (Phi) is 3.44. The molecule has 2 N–H and O–H groups in total. The van der Waals surface area contributed by atoms with E-state index in [1.165, 1.54) is 23.3 Å². The van der Waals surface area contributed by atoms with Gasteiger partial charge in [-0.3, -0.25) is 4.90 Å². The summed E-state index contributed by atoms with van der Waals surface area (Å²) in [5, 5.41) is 2.17. The number of nitrogens with zero attached hydrogens (tertiary/aromatic N) is 1. The molecule has 0 saturated heterocycles. The predicted molar refractivity (Wildman–Crippen MR) is 66.3 cm³/mol. The molecule has 0 radical (unpaired) electrons. The molecule has 2 nitrogen and oxygen atoms in total. The fourth-order valence-electron chi connectivity index (χ4n) is 2.26. The Bertz CT molecular complexity index is 317. The van der Waals surface area contributed by atoms with Gasteiger partial charge in [-0.05, 0) is 43.3 Å². The van der Waals surface area contributed by atoms with Crippen molar-refractivity contribution in [1.82, 2.24) is 4.90 Å². The number of hydrogen-bond acceptors (Lipinski definition) is 3. The minimum atomic E-state index is 0.447. The second-order valence-electron chi connectivity index (χ2n) is 4.28. The van der Waals surface area contributed by atoms with E-state index in [0.717, 1.165) is 19.1 Å². The van der Waals surface area contributed by atoms with Crippen LogP contribution < -0.4 is 5.73 Å². The van der Waals surface area contributed by atoms with E-state index in [1.807, 2.05) is 11.3 Å². The van der Waals surface area contributed by atoms with Crippen molar-refractivity contribution < 1.29 is 0 Å². The van der Waals surface area contributed by atoms with Crippen molar-refractivity contribution in [3.05, 3.63) is 21.9 Å². The zero-order valence-electron chi connectivity index (χ0n) is 9.57. The van der Waals surface area contributed by atoms with Crippen LogP contribution in [-0.4, -0.2) is 24.0 Å². The highest BCUT2D eigenvalue weighted by atomic mass is 32.1.